The molecule has 0 aliphatic rings. The van der Waals surface area contributed by atoms with Crippen molar-refractivity contribution in [2.45, 2.75) is 19.4 Å². The fraction of sp³-hybridized carbons (Fsp3) is 0.375. The third-order valence-corrected chi connectivity index (χ3v) is 3.41. The van der Waals surface area contributed by atoms with Gasteiger partial charge in [0.2, 0.25) is 0 Å². The quantitative estimate of drug-likeness (QED) is 0.918. The van der Waals surface area contributed by atoms with Crippen molar-refractivity contribution in [3.8, 4) is 5.75 Å². The van der Waals surface area contributed by atoms with Crippen LogP contribution in [0.2, 0.25) is 5.02 Å². The SMILES string of the molecule is CN(CC(C)(C)O)C(=O)COc1ccc(Cl)c2cccnc12. The molecule has 1 aromatic carbocycles. The molecule has 0 radical (unpaired) electrons. The maximum atomic E-state index is 12.0. The fourth-order valence-electron chi connectivity index (χ4n) is 2.15. The summed E-state index contributed by atoms with van der Waals surface area (Å²) in [5, 5.41) is 11.1. The Kier molecular flexibility index (Phi) is 4.88. The van der Waals surface area contributed by atoms with Crippen LogP contribution < -0.4 is 4.74 Å². The van der Waals surface area contributed by atoms with Crippen LogP contribution in [0.3, 0.4) is 0 Å². The molecule has 0 fully saturated rings. The van der Waals surface area contributed by atoms with Gasteiger partial charge in [-0.3, -0.25) is 9.78 Å². The van der Waals surface area contributed by atoms with Crippen LogP contribution in [0, 0.1) is 0 Å². The first-order chi connectivity index (χ1) is 10.3. The highest BCUT2D eigenvalue weighted by Gasteiger charge is 2.20. The number of carbonyl (C=O) groups excluding carboxylic acids is 1. The number of carbonyl (C=O) groups is 1. The minimum Gasteiger partial charge on any atom is -0.481 e. The first-order valence-corrected chi connectivity index (χ1v) is 7.28. The van der Waals surface area contributed by atoms with Crippen molar-refractivity contribution in [3.05, 3.63) is 35.5 Å². The van der Waals surface area contributed by atoms with Gasteiger partial charge in [0.25, 0.3) is 5.91 Å². The average molecular weight is 323 g/mol. The summed E-state index contributed by atoms with van der Waals surface area (Å²) in [6.45, 7) is 3.40. The summed E-state index contributed by atoms with van der Waals surface area (Å²) in [6.07, 6.45) is 1.65. The zero-order valence-corrected chi connectivity index (χ0v) is 13.6. The van der Waals surface area contributed by atoms with Gasteiger partial charge >= 0.3 is 0 Å². The van der Waals surface area contributed by atoms with Crippen LogP contribution in [0.25, 0.3) is 10.9 Å². The Hall–Kier alpha value is -1.85. The van der Waals surface area contributed by atoms with Crippen LogP contribution in [0.4, 0.5) is 0 Å². The second-order valence-electron chi connectivity index (χ2n) is 5.80. The molecule has 0 spiro atoms. The van der Waals surface area contributed by atoms with E-state index in [1.54, 1.807) is 45.3 Å². The monoisotopic (exact) mass is 322 g/mol. The molecule has 0 aliphatic heterocycles. The molecule has 2 aromatic rings. The van der Waals surface area contributed by atoms with Gasteiger partial charge in [0.15, 0.2) is 6.61 Å². The summed E-state index contributed by atoms with van der Waals surface area (Å²) in [5.41, 5.74) is -0.327. The van der Waals surface area contributed by atoms with Gasteiger partial charge in [-0.2, -0.15) is 0 Å². The highest BCUT2D eigenvalue weighted by Crippen LogP contribution is 2.29. The van der Waals surface area contributed by atoms with Crippen molar-refractivity contribution in [1.82, 2.24) is 9.88 Å². The molecule has 0 saturated carbocycles. The fourth-order valence-corrected chi connectivity index (χ4v) is 2.36. The van der Waals surface area contributed by atoms with Crippen LogP contribution in [-0.4, -0.2) is 46.7 Å². The van der Waals surface area contributed by atoms with Crippen molar-refractivity contribution >= 4 is 28.4 Å². The molecule has 0 aliphatic carbocycles. The predicted molar refractivity (Wildman–Crippen MR) is 86.2 cm³/mol. The van der Waals surface area contributed by atoms with Crippen molar-refractivity contribution in [1.29, 1.82) is 0 Å². The van der Waals surface area contributed by atoms with E-state index in [0.717, 1.165) is 5.39 Å². The molecule has 5 nitrogen and oxygen atoms in total. The lowest BCUT2D eigenvalue weighted by molar-refractivity contribution is -0.134. The first kappa shape index (κ1) is 16.5. The Morgan fingerprint density at radius 2 is 2.14 bits per heavy atom. The number of benzene rings is 1. The number of aromatic nitrogens is 1. The Labute approximate surface area is 134 Å². The number of amides is 1. The summed E-state index contributed by atoms with van der Waals surface area (Å²) in [7, 11) is 1.63. The van der Waals surface area contributed by atoms with Gasteiger partial charge in [0.05, 0.1) is 10.6 Å². The summed E-state index contributed by atoms with van der Waals surface area (Å²) in [6, 6.07) is 7.05. The third-order valence-electron chi connectivity index (χ3n) is 3.08. The first-order valence-electron chi connectivity index (χ1n) is 6.90. The number of likely N-dealkylation sites (N-methyl/N-ethyl adjacent to an activating group) is 1. The van der Waals surface area contributed by atoms with Crippen LogP contribution in [0.1, 0.15) is 13.8 Å². The highest BCUT2D eigenvalue weighted by molar-refractivity contribution is 6.35. The highest BCUT2D eigenvalue weighted by atomic mass is 35.5. The zero-order chi connectivity index (χ0) is 16.3. The third kappa shape index (κ3) is 4.08. The Bertz CT molecular complexity index is 683. The number of hydrogen-bond acceptors (Lipinski definition) is 4. The number of halogens is 1. The number of pyridine rings is 1. The minimum absolute atomic E-state index is 0.125. The number of aliphatic hydroxyl groups is 1. The van der Waals surface area contributed by atoms with E-state index in [1.165, 1.54) is 4.90 Å². The van der Waals surface area contributed by atoms with Gasteiger partial charge in [-0.15, -0.1) is 0 Å². The molecule has 1 N–H and O–H groups in total. The summed E-state index contributed by atoms with van der Waals surface area (Å²) < 4.78 is 5.58. The van der Waals surface area contributed by atoms with Crippen LogP contribution in [0.5, 0.6) is 5.75 Å². The Balaban J connectivity index is 2.09. The van der Waals surface area contributed by atoms with Crippen molar-refractivity contribution in [2.75, 3.05) is 20.2 Å². The van der Waals surface area contributed by atoms with E-state index in [-0.39, 0.29) is 19.1 Å². The van der Waals surface area contributed by atoms with E-state index in [4.69, 9.17) is 16.3 Å². The molecule has 1 aromatic heterocycles. The molecule has 0 unspecified atom stereocenters. The van der Waals surface area contributed by atoms with Gasteiger partial charge < -0.3 is 14.7 Å². The molecule has 6 heteroatoms. The molecular weight excluding hydrogens is 304 g/mol. The van der Waals surface area contributed by atoms with E-state index < -0.39 is 5.60 Å². The topological polar surface area (TPSA) is 62.7 Å². The Morgan fingerprint density at radius 3 is 2.82 bits per heavy atom. The standard InChI is InChI=1S/C16H19ClN2O3/c1-16(2,21)10-19(3)14(20)9-22-13-7-6-12(17)11-5-4-8-18-15(11)13/h4-8,21H,9-10H2,1-3H3. The largest absolute Gasteiger partial charge is 0.481 e. The van der Waals surface area contributed by atoms with E-state index in [1.807, 2.05) is 6.07 Å². The van der Waals surface area contributed by atoms with E-state index >= 15 is 0 Å². The van der Waals surface area contributed by atoms with Crippen molar-refractivity contribution in [3.63, 3.8) is 0 Å². The molecule has 22 heavy (non-hydrogen) atoms. The lowest BCUT2D eigenvalue weighted by atomic mass is 10.1. The van der Waals surface area contributed by atoms with Crippen LogP contribution in [0.15, 0.2) is 30.5 Å². The van der Waals surface area contributed by atoms with Crippen molar-refractivity contribution < 1.29 is 14.6 Å². The van der Waals surface area contributed by atoms with Gasteiger partial charge in [-0.25, -0.2) is 0 Å². The van der Waals surface area contributed by atoms with Gasteiger partial charge in [0, 0.05) is 25.2 Å². The molecule has 0 bridgehead atoms. The number of nitrogens with zero attached hydrogens (tertiary/aromatic N) is 2. The normalized spacial score (nSPS) is 11.5. The Morgan fingerprint density at radius 1 is 1.41 bits per heavy atom. The number of ether oxygens (including phenoxy) is 1. The van der Waals surface area contributed by atoms with Gasteiger partial charge in [0.1, 0.15) is 11.3 Å². The number of fused-ring (bicyclic) bond motifs is 1. The maximum Gasteiger partial charge on any atom is 0.260 e. The second-order valence-corrected chi connectivity index (χ2v) is 6.20. The second kappa shape index (κ2) is 6.50. The molecule has 1 amide bonds. The number of rotatable bonds is 5. The lowest BCUT2D eigenvalue weighted by Crippen LogP contribution is -2.41. The van der Waals surface area contributed by atoms with E-state index in [9.17, 15) is 9.90 Å². The molecule has 0 saturated heterocycles. The van der Waals surface area contributed by atoms with Crippen molar-refractivity contribution in [2.24, 2.45) is 0 Å². The van der Waals surface area contributed by atoms with Crippen LogP contribution >= 0.6 is 11.6 Å². The van der Waals surface area contributed by atoms with E-state index in [0.29, 0.717) is 16.3 Å². The summed E-state index contributed by atoms with van der Waals surface area (Å²) >= 11 is 6.12. The zero-order valence-electron chi connectivity index (χ0n) is 12.8. The van der Waals surface area contributed by atoms with E-state index in [2.05, 4.69) is 4.98 Å². The molecule has 118 valence electrons. The summed E-state index contributed by atoms with van der Waals surface area (Å²) in [4.78, 5) is 17.7. The average Bonchev–Trinajstić information content (AvgIpc) is 2.45. The molecule has 2 rings (SSSR count). The molecular formula is C16H19ClN2O3. The van der Waals surface area contributed by atoms with Gasteiger partial charge in [-0.05, 0) is 38.1 Å². The molecule has 0 atom stereocenters. The minimum atomic E-state index is -0.946. The molecule has 1 heterocycles. The lowest BCUT2D eigenvalue weighted by Gasteiger charge is -2.25. The van der Waals surface area contributed by atoms with Gasteiger partial charge in [-0.1, -0.05) is 11.6 Å². The summed E-state index contributed by atoms with van der Waals surface area (Å²) in [5.74, 6) is 0.283. The predicted octanol–water partition coefficient (Wildman–Crippen LogP) is 2.50. The van der Waals surface area contributed by atoms with Crippen LogP contribution in [-0.2, 0) is 4.79 Å². The smallest absolute Gasteiger partial charge is 0.260 e. The number of hydrogen-bond donors (Lipinski definition) is 1. The maximum absolute atomic E-state index is 12.0.